The Hall–Kier alpha value is -4.93. The van der Waals surface area contributed by atoms with Gasteiger partial charge in [0.25, 0.3) is 15.9 Å². The lowest BCUT2D eigenvalue weighted by Crippen LogP contribution is -2.35. The summed E-state index contributed by atoms with van der Waals surface area (Å²) in [5, 5.41) is 1.16. The zero-order chi connectivity index (χ0) is 31.6. The van der Waals surface area contributed by atoms with Gasteiger partial charge < -0.3 is 9.57 Å². The highest BCUT2D eigenvalue weighted by molar-refractivity contribution is 7.92. The first kappa shape index (κ1) is 30.5. The molecule has 0 spiro atoms. The van der Waals surface area contributed by atoms with E-state index in [4.69, 9.17) is 21.2 Å². The number of ether oxygens (including phenoxy) is 1. The molecule has 4 aromatic carbocycles. The summed E-state index contributed by atoms with van der Waals surface area (Å²) in [5.41, 5.74) is 0.0612. The molecule has 9 nitrogen and oxygen atoms in total. The molecule has 11 heteroatoms. The summed E-state index contributed by atoms with van der Waals surface area (Å²) in [5.74, 6) is -2.26. The summed E-state index contributed by atoms with van der Waals surface area (Å²) >= 11 is 5.91. The van der Waals surface area contributed by atoms with E-state index in [1.807, 2.05) is 0 Å². The number of nitrogens with one attached hydrogen (secondary N) is 1. The number of benzene rings is 4. The van der Waals surface area contributed by atoms with Gasteiger partial charge in [-0.05, 0) is 75.4 Å². The normalized spacial score (nSPS) is 14.1. The van der Waals surface area contributed by atoms with E-state index in [2.05, 4.69) is 4.72 Å². The van der Waals surface area contributed by atoms with Gasteiger partial charge in [0, 0.05) is 16.1 Å². The number of carbonyl (C=O) groups is 3. The van der Waals surface area contributed by atoms with Crippen molar-refractivity contribution in [3.63, 3.8) is 0 Å². The van der Waals surface area contributed by atoms with Crippen molar-refractivity contribution in [1.82, 2.24) is 0 Å². The first-order valence-electron chi connectivity index (χ1n) is 13.4. The summed E-state index contributed by atoms with van der Waals surface area (Å²) in [6, 6.07) is 26.8. The molecule has 44 heavy (non-hydrogen) atoms. The number of nitrogens with zero attached hydrogens (tertiary/aromatic N) is 1. The molecule has 224 valence electrons. The molecule has 0 atom stereocenters. The molecule has 0 saturated carbocycles. The number of hydroxylamine groups is 1. The Labute approximate surface area is 259 Å². The van der Waals surface area contributed by atoms with Gasteiger partial charge >= 0.3 is 11.9 Å². The van der Waals surface area contributed by atoms with E-state index in [1.54, 1.807) is 81.4 Å². The predicted molar refractivity (Wildman–Crippen MR) is 167 cm³/mol. The minimum atomic E-state index is -4.05. The summed E-state index contributed by atoms with van der Waals surface area (Å²) in [6.07, 6.45) is 0. The highest BCUT2D eigenvalue weighted by Gasteiger charge is 2.41. The largest absolute Gasteiger partial charge is 0.421 e. The molecule has 0 saturated heterocycles. The summed E-state index contributed by atoms with van der Waals surface area (Å²) in [7, 11) is -4.05. The van der Waals surface area contributed by atoms with Gasteiger partial charge in [0.2, 0.25) is 0 Å². The third-order valence-electron chi connectivity index (χ3n) is 6.51. The Morgan fingerprint density at radius 1 is 0.818 bits per heavy atom. The quantitative estimate of drug-likeness (QED) is 0.137. The highest BCUT2D eigenvalue weighted by Crippen LogP contribution is 2.43. The molecular weight excluding hydrogens is 604 g/mol. The Morgan fingerprint density at radius 3 is 2.00 bits per heavy atom. The van der Waals surface area contributed by atoms with E-state index in [1.165, 1.54) is 42.5 Å². The van der Waals surface area contributed by atoms with Crippen LogP contribution in [0.1, 0.15) is 42.3 Å². The SMILES string of the molecule is CC(C)(C)C(=O)ON1C(=O)/C(=C(\OC(=O)c2ccccc2)c2ccccc2)c2ccc(NS(=O)(=O)c3ccc(Cl)cc3)cc21. The maximum absolute atomic E-state index is 14.1. The summed E-state index contributed by atoms with van der Waals surface area (Å²) < 4.78 is 34.5. The highest BCUT2D eigenvalue weighted by atomic mass is 35.5. The smallest absolute Gasteiger partial charge is 0.343 e. The maximum Gasteiger partial charge on any atom is 0.343 e. The molecule has 1 heterocycles. The molecule has 0 aliphatic carbocycles. The van der Waals surface area contributed by atoms with Gasteiger partial charge in [0.05, 0.1) is 32.8 Å². The Bertz CT molecular complexity index is 1880. The fourth-order valence-electron chi connectivity index (χ4n) is 4.23. The summed E-state index contributed by atoms with van der Waals surface area (Å²) in [4.78, 5) is 45.8. The lowest BCUT2D eigenvalue weighted by molar-refractivity contribution is -0.157. The van der Waals surface area contributed by atoms with Crippen molar-refractivity contribution in [2.45, 2.75) is 25.7 Å². The van der Waals surface area contributed by atoms with Crippen LogP contribution >= 0.6 is 11.6 Å². The van der Waals surface area contributed by atoms with E-state index in [0.29, 0.717) is 10.6 Å². The standard InChI is InChI=1S/C33H27ClN2O7S/c1-33(2,3)32(39)43-36-27-20-24(35-44(40,41)25-17-14-23(34)15-18-25)16-19-26(27)28(30(36)37)29(21-10-6-4-7-11-21)42-31(38)22-12-8-5-9-13-22/h4-20,35H,1-3H3/b29-28-. The van der Waals surface area contributed by atoms with Gasteiger partial charge in [0.15, 0.2) is 5.76 Å². The van der Waals surface area contributed by atoms with Crippen molar-refractivity contribution in [2.24, 2.45) is 5.41 Å². The second-order valence-electron chi connectivity index (χ2n) is 10.8. The van der Waals surface area contributed by atoms with E-state index < -0.39 is 33.3 Å². The second kappa shape index (κ2) is 12.0. The van der Waals surface area contributed by atoms with Crippen molar-refractivity contribution < 1.29 is 32.4 Å². The average Bonchev–Trinajstić information content (AvgIpc) is 3.26. The molecule has 0 fully saturated rings. The van der Waals surface area contributed by atoms with Crippen molar-refractivity contribution in [2.75, 3.05) is 9.79 Å². The molecule has 1 aliphatic rings. The molecule has 1 N–H and O–H groups in total. The number of anilines is 2. The molecule has 0 unspecified atom stereocenters. The third-order valence-corrected chi connectivity index (χ3v) is 8.16. The van der Waals surface area contributed by atoms with Crippen LogP contribution in [0.2, 0.25) is 5.02 Å². The van der Waals surface area contributed by atoms with Crippen LogP contribution in [0.5, 0.6) is 0 Å². The molecule has 0 radical (unpaired) electrons. The molecule has 1 amide bonds. The van der Waals surface area contributed by atoms with Crippen LogP contribution in [0.4, 0.5) is 11.4 Å². The minimum Gasteiger partial charge on any atom is -0.421 e. The molecule has 5 rings (SSSR count). The average molecular weight is 631 g/mol. The number of fused-ring (bicyclic) bond motifs is 1. The minimum absolute atomic E-state index is 0.0331. The molecule has 1 aliphatic heterocycles. The van der Waals surface area contributed by atoms with Gasteiger partial charge in [-0.3, -0.25) is 9.52 Å². The van der Waals surface area contributed by atoms with Crippen LogP contribution in [0.25, 0.3) is 11.3 Å². The lowest BCUT2D eigenvalue weighted by Gasteiger charge is -2.22. The van der Waals surface area contributed by atoms with Crippen LogP contribution in [0.15, 0.2) is 108 Å². The van der Waals surface area contributed by atoms with Crippen molar-refractivity contribution in [1.29, 1.82) is 0 Å². The number of amides is 1. The van der Waals surface area contributed by atoms with Gasteiger partial charge in [-0.25, -0.2) is 18.0 Å². The fraction of sp³-hybridized carbons (Fsp3) is 0.121. The molecule has 0 bridgehead atoms. The van der Waals surface area contributed by atoms with Crippen molar-refractivity contribution in [3.8, 4) is 0 Å². The fourth-order valence-corrected chi connectivity index (χ4v) is 5.40. The number of carbonyl (C=O) groups excluding carboxylic acids is 3. The Balaban J connectivity index is 1.65. The first-order valence-corrected chi connectivity index (χ1v) is 15.3. The molecule has 0 aromatic heterocycles. The van der Waals surface area contributed by atoms with Crippen LogP contribution in [-0.2, 0) is 29.2 Å². The zero-order valence-corrected chi connectivity index (χ0v) is 25.5. The van der Waals surface area contributed by atoms with E-state index in [0.717, 1.165) is 5.06 Å². The number of esters is 1. The maximum atomic E-state index is 14.1. The topological polar surface area (TPSA) is 119 Å². The van der Waals surface area contributed by atoms with Crippen molar-refractivity contribution >= 4 is 62.2 Å². The van der Waals surface area contributed by atoms with Gasteiger partial charge in [-0.1, -0.05) is 60.1 Å². The monoisotopic (exact) mass is 630 g/mol. The Morgan fingerprint density at radius 2 is 1.41 bits per heavy atom. The van der Waals surface area contributed by atoms with Crippen LogP contribution in [0.3, 0.4) is 0 Å². The lowest BCUT2D eigenvalue weighted by atomic mass is 9.98. The van der Waals surface area contributed by atoms with Crippen LogP contribution in [0, 0.1) is 5.41 Å². The molecule has 4 aromatic rings. The Kier molecular flexibility index (Phi) is 8.31. The van der Waals surface area contributed by atoms with Gasteiger partial charge in [-0.2, -0.15) is 0 Å². The van der Waals surface area contributed by atoms with Crippen molar-refractivity contribution in [3.05, 3.63) is 125 Å². The number of hydrogen-bond acceptors (Lipinski definition) is 7. The predicted octanol–water partition coefficient (Wildman–Crippen LogP) is 6.72. The third kappa shape index (κ3) is 6.36. The van der Waals surface area contributed by atoms with Gasteiger partial charge in [-0.15, -0.1) is 5.06 Å². The van der Waals surface area contributed by atoms with E-state index in [9.17, 15) is 22.8 Å². The van der Waals surface area contributed by atoms with Crippen LogP contribution < -0.4 is 9.79 Å². The second-order valence-corrected chi connectivity index (χ2v) is 13.0. The summed E-state index contributed by atoms with van der Waals surface area (Å²) in [6.45, 7) is 4.88. The molecular formula is C33H27ClN2O7S. The zero-order valence-electron chi connectivity index (χ0n) is 23.9. The van der Waals surface area contributed by atoms with E-state index in [-0.39, 0.29) is 38.7 Å². The number of sulfonamides is 1. The number of halogens is 1. The van der Waals surface area contributed by atoms with Crippen LogP contribution in [-0.4, -0.2) is 26.3 Å². The van der Waals surface area contributed by atoms with E-state index >= 15 is 0 Å². The number of rotatable bonds is 7. The number of hydrogen-bond donors (Lipinski definition) is 1. The first-order chi connectivity index (χ1) is 20.8. The van der Waals surface area contributed by atoms with Gasteiger partial charge in [0.1, 0.15) is 0 Å².